The lowest BCUT2D eigenvalue weighted by molar-refractivity contribution is -0.134. The molecule has 0 bridgehead atoms. The number of ether oxygens (including phenoxy) is 1. The average molecular weight is 378 g/mol. The lowest BCUT2D eigenvalue weighted by Gasteiger charge is -2.32. The van der Waals surface area contributed by atoms with Gasteiger partial charge in [0.1, 0.15) is 5.75 Å². The molecule has 0 saturated carbocycles. The summed E-state index contributed by atoms with van der Waals surface area (Å²) in [6.45, 7) is 3.34. The molecule has 1 aromatic heterocycles. The third-order valence-electron chi connectivity index (χ3n) is 4.78. The summed E-state index contributed by atoms with van der Waals surface area (Å²) in [5.41, 5.74) is 1.70. The number of hydrogen-bond acceptors (Lipinski definition) is 6. The Bertz CT molecular complexity index is 916. The van der Waals surface area contributed by atoms with E-state index in [1.807, 2.05) is 47.4 Å². The first-order valence-corrected chi connectivity index (χ1v) is 9.28. The van der Waals surface area contributed by atoms with E-state index in [1.165, 1.54) is 0 Å². The van der Waals surface area contributed by atoms with Crippen molar-refractivity contribution in [3.05, 3.63) is 54.6 Å². The summed E-state index contributed by atoms with van der Waals surface area (Å²) >= 11 is 0. The Morgan fingerprint density at radius 2 is 1.71 bits per heavy atom. The van der Waals surface area contributed by atoms with Gasteiger partial charge in [0.2, 0.25) is 5.82 Å². The highest BCUT2D eigenvalue weighted by Gasteiger charge is 2.19. The molecule has 1 amide bonds. The fraction of sp³-hybridized carbons (Fsp3) is 0.286. The number of benzene rings is 2. The van der Waals surface area contributed by atoms with E-state index in [9.17, 15) is 4.79 Å². The number of carbonyl (C=O) groups excluding carboxylic acids is 1. The van der Waals surface area contributed by atoms with Crippen LogP contribution in [0, 0.1) is 0 Å². The zero-order chi connectivity index (χ0) is 19.3. The number of likely N-dealkylation sites (N-methyl/N-ethyl adjacent to an activating group) is 1. The first-order valence-electron chi connectivity index (χ1n) is 9.28. The topological polar surface area (TPSA) is 71.7 Å². The van der Waals surface area contributed by atoms with Gasteiger partial charge in [0.15, 0.2) is 6.61 Å². The van der Waals surface area contributed by atoms with E-state index < -0.39 is 0 Å². The van der Waals surface area contributed by atoms with E-state index >= 15 is 0 Å². The first kappa shape index (κ1) is 18.2. The van der Waals surface area contributed by atoms with Gasteiger partial charge in [-0.3, -0.25) is 4.79 Å². The standard InChI is InChI=1S/C21H22N4O3/c1-24-11-13-25(14-12-24)19(26)15-27-18-9-7-17(8-10-18)21-22-20(23-28-21)16-5-3-2-4-6-16/h2-10H,11-15H2,1H3. The van der Waals surface area contributed by atoms with E-state index in [2.05, 4.69) is 22.1 Å². The second-order valence-corrected chi connectivity index (χ2v) is 6.79. The monoisotopic (exact) mass is 378 g/mol. The highest BCUT2D eigenvalue weighted by atomic mass is 16.5. The number of piperazine rings is 1. The van der Waals surface area contributed by atoms with Gasteiger partial charge in [-0.05, 0) is 31.3 Å². The van der Waals surface area contributed by atoms with E-state index in [0.717, 1.165) is 37.3 Å². The van der Waals surface area contributed by atoms with Gasteiger partial charge in [-0.1, -0.05) is 35.5 Å². The van der Waals surface area contributed by atoms with Gasteiger partial charge in [0.05, 0.1) is 0 Å². The molecule has 0 aliphatic carbocycles. The number of amides is 1. The van der Waals surface area contributed by atoms with Gasteiger partial charge in [0.25, 0.3) is 11.8 Å². The Morgan fingerprint density at radius 3 is 2.43 bits per heavy atom. The predicted molar refractivity (Wildman–Crippen MR) is 105 cm³/mol. The normalized spacial score (nSPS) is 14.8. The van der Waals surface area contributed by atoms with Crippen molar-refractivity contribution < 1.29 is 14.1 Å². The van der Waals surface area contributed by atoms with Crippen LogP contribution < -0.4 is 4.74 Å². The maximum Gasteiger partial charge on any atom is 0.260 e. The number of hydrogen-bond donors (Lipinski definition) is 0. The van der Waals surface area contributed by atoms with Crippen LogP contribution >= 0.6 is 0 Å². The molecule has 0 N–H and O–H groups in total. The van der Waals surface area contributed by atoms with Crippen LogP contribution in [-0.4, -0.2) is 65.7 Å². The Balaban J connectivity index is 1.35. The molecule has 4 rings (SSSR count). The highest BCUT2D eigenvalue weighted by Crippen LogP contribution is 2.24. The van der Waals surface area contributed by atoms with Gasteiger partial charge in [-0.15, -0.1) is 0 Å². The van der Waals surface area contributed by atoms with E-state index in [-0.39, 0.29) is 12.5 Å². The molecular weight excluding hydrogens is 356 g/mol. The van der Waals surface area contributed by atoms with Crippen molar-refractivity contribution >= 4 is 5.91 Å². The summed E-state index contributed by atoms with van der Waals surface area (Å²) in [6, 6.07) is 17.0. The minimum Gasteiger partial charge on any atom is -0.484 e. The quantitative estimate of drug-likeness (QED) is 0.680. The largest absolute Gasteiger partial charge is 0.484 e. The van der Waals surface area contributed by atoms with Crippen molar-refractivity contribution in [2.45, 2.75) is 0 Å². The van der Waals surface area contributed by atoms with E-state index in [4.69, 9.17) is 9.26 Å². The fourth-order valence-electron chi connectivity index (χ4n) is 3.03. The minimum atomic E-state index is 0.0154. The summed E-state index contributed by atoms with van der Waals surface area (Å²) in [6.07, 6.45) is 0. The molecule has 1 aliphatic heterocycles. The number of carbonyl (C=O) groups is 1. The lowest BCUT2D eigenvalue weighted by Crippen LogP contribution is -2.48. The Labute approximate surface area is 163 Å². The maximum atomic E-state index is 12.3. The minimum absolute atomic E-state index is 0.0154. The molecular formula is C21H22N4O3. The van der Waals surface area contributed by atoms with Crippen LogP contribution in [0.5, 0.6) is 5.75 Å². The van der Waals surface area contributed by atoms with Gasteiger partial charge in [-0.2, -0.15) is 4.98 Å². The van der Waals surface area contributed by atoms with Crippen LogP contribution in [-0.2, 0) is 4.79 Å². The highest BCUT2D eigenvalue weighted by molar-refractivity contribution is 5.78. The molecule has 2 heterocycles. The lowest BCUT2D eigenvalue weighted by atomic mass is 10.2. The van der Waals surface area contributed by atoms with Gasteiger partial charge >= 0.3 is 0 Å². The number of rotatable bonds is 5. The van der Waals surface area contributed by atoms with Crippen LogP contribution in [0.25, 0.3) is 22.8 Å². The molecule has 0 unspecified atom stereocenters. The molecule has 0 atom stereocenters. The molecule has 1 saturated heterocycles. The molecule has 7 heteroatoms. The van der Waals surface area contributed by atoms with E-state index in [1.54, 1.807) is 12.1 Å². The van der Waals surface area contributed by atoms with Crippen molar-refractivity contribution in [2.75, 3.05) is 39.8 Å². The van der Waals surface area contributed by atoms with Crippen molar-refractivity contribution in [3.63, 3.8) is 0 Å². The SMILES string of the molecule is CN1CCN(C(=O)COc2ccc(-c3nc(-c4ccccc4)no3)cc2)CC1. The van der Waals surface area contributed by atoms with Crippen LogP contribution in [0.4, 0.5) is 0 Å². The Kier molecular flexibility index (Phi) is 5.34. The summed E-state index contributed by atoms with van der Waals surface area (Å²) in [4.78, 5) is 20.7. The van der Waals surface area contributed by atoms with Gasteiger partial charge in [-0.25, -0.2) is 0 Å². The van der Waals surface area contributed by atoms with Crippen molar-refractivity contribution in [1.29, 1.82) is 0 Å². The van der Waals surface area contributed by atoms with Crippen molar-refractivity contribution in [1.82, 2.24) is 19.9 Å². The Morgan fingerprint density at radius 1 is 1.00 bits per heavy atom. The second kappa shape index (κ2) is 8.22. The van der Waals surface area contributed by atoms with Crippen molar-refractivity contribution in [3.8, 4) is 28.6 Å². The summed E-state index contributed by atoms with van der Waals surface area (Å²) in [5, 5.41) is 4.03. The van der Waals surface area contributed by atoms with Gasteiger partial charge < -0.3 is 19.1 Å². The van der Waals surface area contributed by atoms with Crippen molar-refractivity contribution in [2.24, 2.45) is 0 Å². The molecule has 3 aromatic rings. The summed E-state index contributed by atoms with van der Waals surface area (Å²) < 4.78 is 11.0. The molecule has 0 radical (unpaired) electrons. The van der Waals surface area contributed by atoms with Crippen LogP contribution in [0.1, 0.15) is 0 Å². The second-order valence-electron chi connectivity index (χ2n) is 6.79. The van der Waals surface area contributed by atoms with E-state index in [0.29, 0.717) is 17.5 Å². The zero-order valence-corrected chi connectivity index (χ0v) is 15.7. The predicted octanol–water partition coefficient (Wildman–Crippen LogP) is 2.56. The molecule has 7 nitrogen and oxygen atoms in total. The van der Waals surface area contributed by atoms with Crippen LogP contribution in [0.3, 0.4) is 0 Å². The molecule has 1 fully saturated rings. The number of aromatic nitrogens is 2. The summed E-state index contributed by atoms with van der Waals surface area (Å²) in [5.74, 6) is 1.64. The average Bonchev–Trinajstić information content (AvgIpc) is 3.24. The first-order chi connectivity index (χ1) is 13.7. The molecule has 2 aromatic carbocycles. The Hall–Kier alpha value is -3.19. The molecule has 28 heavy (non-hydrogen) atoms. The van der Waals surface area contributed by atoms with Crippen LogP contribution in [0.15, 0.2) is 59.1 Å². The third kappa shape index (κ3) is 4.20. The summed E-state index contributed by atoms with van der Waals surface area (Å²) in [7, 11) is 2.06. The fourth-order valence-corrected chi connectivity index (χ4v) is 3.03. The molecule has 144 valence electrons. The van der Waals surface area contributed by atoms with Gasteiger partial charge in [0, 0.05) is 37.3 Å². The molecule has 0 spiro atoms. The van der Waals surface area contributed by atoms with Crippen LogP contribution in [0.2, 0.25) is 0 Å². The molecule has 1 aliphatic rings. The smallest absolute Gasteiger partial charge is 0.260 e. The third-order valence-corrected chi connectivity index (χ3v) is 4.78. The maximum absolute atomic E-state index is 12.3. The zero-order valence-electron chi connectivity index (χ0n) is 15.7. The number of nitrogens with zero attached hydrogens (tertiary/aromatic N) is 4.